The molecule has 0 aliphatic rings. The summed E-state index contributed by atoms with van der Waals surface area (Å²) in [5.41, 5.74) is -0.340. The molecule has 49 valence electrons. The molecule has 0 heterocycles. The van der Waals surface area contributed by atoms with Crippen molar-refractivity contribution in [3.05, 3.63) is 5.56 Å². The molecule has 0 atom stereocenters. The summed E-state index contributed by atoms with van der Waals surface area (Å²) in [5.74, 6) is 0. The lowest BCUT2D eigenvalue weighted by Crippen LogP contribution is -2.02. The van der Waals surface area contributed by atoms with E-state index in [1.165, 1.54) is 6.92 Å². The highest BCUT2D eigenvalue weighted by molar-refractivity contribution is 7.81. The molecular weight excluding hydrogens is 156 g/mol. The number of rotatable bonds is 2. The van der Waals surface area contributed by atoms with Gasteiger partial charge < -0.3 is 0 Å². The van der Waals surface area contributed by atoms with E-state index in [9.17, 15) is 8.42 Å². The standard InChI is InChI=1S/C2H4ClO4S/c1-2(3)7-8(4,5)6/h1H3,(H,4,5,6). The average Bonchev–Trinajstić information content (AvgIpc) is 1.21. The van der Waals surface area contributed by atoms with Crippen LogP contribution in [-0.2, 0) is 14.6 Å². The maximum atomic E-state index is 9.67. The van der Waals surface area contributed by atoms with Crippen molar-refractivity contribution in [3.8, 4) is 0 Å². The molecule has 0 fully saturated rings. The summed E-state index contributed by atoms with van der Waals surface area (Å²) in [6.07, 6.45) is 0. The second-order valence-corrected chi connectivity index (χ2v) is 2.54. The Labute approximate surface area is 52.4 Å². The molecule has 0 spiro atoms. The van der Waals surface area contributed by atoms with Gasteiger partial charge in [0.2, 0.25) is 5.56 Å². The fourth-order valence-corrected chi connectivity index (χ4v) is 0.674. The van der Waals surface area contributed by atoms with E-state index in [1.807, 2.05) is 0 Å². The summed E-state index contributed by atoms with van der Waals surface area (Å²) in [7, 11) is -4.39. The maximum absolute atomic E-state index is 9.67. The van der Waals surface area contributed by atoms with Crippen LogP contribution in [0.3, 0.4) is 0 Å². The third-order valence-electron chi connectivity index (χ3n) is 0.220. The van der Waals surface area contributed by atoms with Gasteiger partial charge in [0.05, 0.1) is 0 Å². The first-order valence-corrected chi connectivity index (χ1v) is 3.32. The highest BCUT2D eigenvalue weighted by atomic mass is 35.5. The minimum Gasteiger partial charge on any atom is -0.263 e. The molecule has 0 aliphatic heterocycles. The first-order valence-electron chi connectivity index (χ1n) is 1.58. The van der Waals surface area contributed by atoms with E-state index in [2.05, 4.69) is 4.18 Å². The summed E-state index contributed by atoms with van der Waals surface area (Å²) in [4.78, 5) is 0. The van der Waals surface area contributed by atoms with Gasteiger partial charge in [-0.05, 0) is 6.92 Å². The Bertz CT molecular complexity index is 147. The largest absolute Gasteiger partial charge is 0.399 e. The summed E-state index contributed by atoms with van der Waals surface area (Å²) in [6, 6.07) is 0. The van der Waals surface area contributed by atoms with Gasteiger partial charge in [-0.3, -0.25) is 4.55 Å². The van der Waals surface area contributed by atoms with Crippen LogP contribution >= 0.6 is 11.6 Å². The maximum Gasteiger partial charge on any atom is 0.399 e. The Hall–Kier alpha value is 0.160. The zero-order chi connectivity index (χ0) is 6.78. The fraction of sp³-hybridized carbons (Fsp3) is 0.500. The first-order chi connectivity index (χ1) is 3.42. The van der Waals surface area contributed by atoms with E-state index in [0.29, 0.717) is 0 Å². The number of halogens is 1. The molecule has 0 bridgehead atoms. The van der Waals surface area contributed by atoms with Crippen LogP contribution in [0.25, 0.3) is 0 Å². The van der Waals surface area contributed by atoms with Crippen LogP contribution in [0.5, 0.6) is 0 Å². The smallest absolute Gasteiger partial charge is 0.263 e. The molecule has 4 nitrogen and oxygen atoms in total. The average molecular weight is 160 g/mol. The van der Waals surface area contributed by atoms with Gasteiger partial charge in [-0.1, -0.05) is 11.6 Å². The van der Waals surface area contributed by atoms with E-state index in [1.54, 1.807) is 0 Å². The third kappa shape index (κ3) is 6.16. The summed E-state index contributed by atoms with van der Waals surface area (Å²) >= 11 is 4.92. The molecule has 0 unspecified atom stereocenters. The first kappa shape index (κ1) is 8.16. The van der Waals surface area contributed by atoms with Gasteiger partial charge in [-0.2, -0.15) is 8.42 Å². The lowest BCUT2D eigenvalue weighted by Gasteiger charge is -1.95. The van der Waals surface area contributed by atoms with Crippen molar-refractivity contribution in [2.24, 2.45) is 0 Å². The van der Waals surface area contributed by atoms with Gasteiger partial charge in [0.25, 0.3) is 0 Å². The Morgan fingerprint density at radius 1 is 1.75 bits per heavy atom. The normalized spacial score (nSPS) is 12.5. The Morgan fingerprint density at radius 3 is 2.12 bits per heavy atom. The van der Waals surface area contributed by atoms with Gasteiger partial charge in [-0.25, -0.2) is 4.18 Å². The predicted molar refractivity (Wildman–Crippen MR) is 27.4 cm³/mol. The van der Waals surface area contributed by atoms with Crippen molar-refractivity contribution >= 4 is 22.0 Å². The molecule has 0 aromatic heterocycles. The molecule has 0 saturated carbocycles. The molecular formula is C2H4ClO4S. The van der Waals surface area contributed by atoms with Crippen LogP contribution in [0.1, 0.15) is 6.92 Å². The van der Waals surface area contributed by atoms with Crippen molar-refractivity contribution in [3.63, 3.8) is 0 Å². The van der Waals surface area contributed by atoms with Crippen molar-refractivity contribution < 1.29 is 17.2 Å². The summed E-state index contributed by atoms with van der Waals surface area (Å²) < 4.78 is 30.8. The van der Waals surface area contributed by atoms with Crippen molar-refractivity contribution in [1.82, 2.24) is 0 Å². The van der Waals surface area contributed by atoms with Gasteiger partial charge in [0.15, 0.2) is 0 Å². The second kappa shape index (κ2) is 2.63. The lowest BCUT2D eigenvalue weighted by molar-refractivity contribution is 0.314. The van der Waals surface area contributed by atoms with E-state index >= 15 is 0 Å². The van der Waals surface area contributed by atoms with Gasteiger partial charge in [0, 0.05) is 0 Å². The SMILES string of the molecule is C[C](Cl)OS(=O)(=O)O. The van der Waals surface area contributed by atoms with Crippen LogP contribution in [0.4, 0.5) is 0 Å². The zero-order valence-corrected chi connectivity index (χ0v) is 5.53. The number of hydrogen-bond acceptors (Lipinski definition) is 3. The van der Waals surface area contributed by atoms with E-state index in [-0.39, 0.29) is 5.56 Å². The van der Waals surface area contributed by atoms with Gasteiger partial charge in [-0.15, -0.1) is 0 Å². The summed E-state index contributed by atoms with van der Waals surface area (Å²) in [6.45, 7) is 1.19. The molecule has 0 rings (SSSR count). The highest BCUT2D eigenvalue weighted by Gasteiger charge is 2.08. The third-order valence-corrected chi connectivity index (χ3v) is 0.849. The monoisotopic (exact) mass is 159 g/mol. The molecule has 0 aromatic rings. The van der Waals surface area contributed by atoms with Crippen LogP contribution in [0.2, 0.25) is 0 Å². The Morgan fingerprint density at radius 2 is 2.12 bits per heavy atom. The Kier molecular flexibility index (Phi) is 2.68. The van der Waals surface area contributed by atoms with Crippen LogP contribution in [0, 0.1) is 5.56 Å². The van der Waals surface area contributed by atoms with Crippen molar-refractivity contribution in [1.29, 1.82) is 0 Å². The number of hydrogen-bond donors (Lipinski definition) is 1. The van der Waals surface area contributed by atoms with Crippen LogP contribution in [-0.4, -0.2) is 13.0 Å². The molecule has 1 N–H and O–H groups in total. The Balaban J connectivity index is 3.75. The molecule has 0 saturated heterocycles. The minimum absolute atomic E-state index is 0.340. The van der Waals surface area contributed by atoms with Gasteiger partial charge in [0.1, 0.15) is 0 Å². The van der Waals surface area contributed by atoms with Gasteiger partial charge >= 0.3 is 10.4 Å². The quantitative estimate of drug-likeness (QED) is 0.598. The molecule has 0 aliphatic carbocycles. The summed E-state index contributed by atoms with van der Waals surface area (Å²) in [5, 5.41) is 0. The van der Waals surface area contributed by atoms with E-state index in [4.69, 9.17) is 16.2 Å². The van der Waals surface area contributed by atoms with Crippen LogP contribution < -0.4 is 0 Å². The minimum atomic E-state index is -4.39. The van der Waals surface area contributed by atoms with E-state index in [0.717, 1.165) is 0 Å². The van der Waals surface area contributed by atoms with Crippen molar-refractivity contribution in [2.75, 3.05) is 0 Å². The van der Waals surface area contributed by atoms with Crippen LogP contribution in [0.15, 0.2) is 0 Å². The zero-order valence-electron chi connectivity index (χ0n) is 3.96. The highest BCUT2D eigenvalue weighted by Crippen LogP contribution is 2.08. The molecule has 0 amide bonds. The molecule has 1 radical (unpaired) electrons. The second-order valence-electron chi connectivity index (χ2n) is 0.981. The fourth-order valence-electron chi connectivity index (χ4n) is 0.145. The lowest BCUT2D eigenvalue weighted by atomic mass is 10.9. The molecule has 6 heteroatoms. The molecule has 8 heavy (non-hydrogen) atoms. The molecule has 0 aromatic carbocycles. The predicted octanol–water partition coefficient (Wildman–Crippen LogP) is 0.554. The van der Waals surface area contributed by atoms with E-state index < -0.39 is 10.4 Å². The topological polar surface area (TPSA) is 63.6 Å². The van der Waals surface area contributed by atoms with Crippen molar-refractivity contribution in [2.45, 2.75) is 6.92 Å².